The van der Waals surface area contributed by atoms with Crippen molar-refractivity contribution >= 4 is 0 Å². The zero-order valence-corrected chi connectivity index (χ0v) is 9.17. The van der Waals surface area contributed by atoms with E-state index in [-0.39, 0.29) is 0 Å². The van der Waals surface area contributed by atoms with E-state index < -0.39 is 0 Å². The smallest absolute Gasteiger partial charge is 0.220 e. The van der Waals surface area contributed by atoms with Gasteiger partial charge in [0.15, 0.2) is 11.6 Å². The molecular formula is C10H8N8. The van der Waals surface area contributed by atoms with E-state index in [0.29, 0.717) is 23.3 Å². The molecule has 3 aromatic rings. The first-order valence-corrected chi connectivity index (χ1v) is 5.11. The number of nitrogens with two attached hydrogens (primary N) is 1. The Morgan fingerprint density at radius 2 is 1.11 bits per heavy atom. The SMILES string of the molecule is Nn1c(-c2ncccn2)nnc1-c1ncccn1. The van der Waals surface area contributed by atoms with E-state index in [4.69, 9.17) is 5.84 Å². The Morgan fingerprint density at radius 3 is 1.50 bits per heavy atom. The minimum absolute atomic E-state index is 0.359. The molecule has 0 bridgehead atoms. The minimum atomic E-state index is 0.359. The Labute approximate surface area is 102 Å². The number of nitrogen functional groups attached to an aromatic ring is 1. The monoisotopic (exact) mass is 240 g/mol. The lowest BCUT2D eigenvalue weighted by Gasteiger charge is -2.00. The predicted molar refractivity (Wildman–Crippen MR) is 62.2 cm³/mol. The lowest BCUT2D eigenvalue weighted by atomic mass is 10.5. The average Bonchev–Trinajstić information content (AvgIpc) is 2.83. The molecule has 0 aliphatic rings. The van der Waals surface area contributed by atoms with Crippen LogP contribution in [0.3, 0.4) is 0 Å². The zero-order valence-electron chi connectivity index (χ0n) is 9.17. The van der Waals surface area contributed by atoms with Crippen molar-refractivity contribution < 1.29 is 0 Å². The molecule has 3 rings (SSSR count). The molecule has 0 aliphatic heterocycles. The van der Waals surface area contributed by atoms with Crippen LogP contribution in [0.1, 0.15) is 0 Å². The lowest BCUT2D eigenvalue weighted by Crippen LogP contribution is -2.13. The van der Waals surface area contributed by atoms with Gasteiger partial charge in [0.2, 0.25) is 11.6 Å². The van der Waals surface area contributed by atoms with E-state index in [0.717, 1.165) is 0 Å². The third kappa shape index (κ3) is 1.65. The van der Waals surface area contributed by atoms with Crippen LogP contribution in [0.5, 0.6) is 0 Å². The van der Waals surface area contributed by atoms with Crippen LogP contribution < -0.4 is 5.84 Å². The van der Waals surface area contributed by atoms with Crippen LogP contribution in [0.25, 0.3) is 23.3 Å². The maximum absolute atomic E-state index is 5.90. The van der Waals surface area contributed by atoms with E-state index >= 15 is 0 Å². The summed E-state index contributed by atoms with van der Waals surface area (Å²) >= 11 is 0. The maximum atomic E-state index is 5.90. The fourth-order valence-corrected chi connectivity index (χ4v) is 1.43. The van der Waals surface area contributed by atoms with Gasteiger partial charge in [0, 0.05) is 24.8 Å². The molecule has 0 fully saturated rings. The molecule has 3 aromatic heterocycles. The van der Waals surface area contributed by atoms with Gasteiger partial charge in [-0.1, -0.05) is 0 Å². The molecule has 0 aromatic carbocycles. The molecule has 0 unspecified atom stereocenters. The highest BCUT2D eigenvalue weighted by atomic mass is 15.4. The van der Waals surface area contributed by atoms with Crippen molar-refractivity contribution in [2.24, 2.45) is 0 Å². The first-order chi connectivity index (χ1) is 8.86. The highest BCUT2D eigenvalue weighted by molar-refractivity contribution is 5.51. The summed E-state index contributed by atoms with van der Waals surface area (Å²) < 4.78 is 1.27. The Hall–Kier alpha value is -2.90. The summed E-state index contributed by atoms with van der Waals surface area (Å²) in [4.78, 5) is 16.2. The van der Waals surface area contributed by atoms with Crippen molar-refractivity contribution in [3.63, 3.8) is 0 Å². The van der Waals surface area contributed by atoms with Gasteiger partial charge in [0.25, 0.3) is 0 Å². The molecule has 0 radical (unpaired) electrons. The van der Waals surface area contributed by atoms with E-state index in [9.17, 15) is 0 Å². The van der Waals surface area contributed by atoms with Crippen molar-refractivity contribution in [2.75, 3.05) is 5.84 Å². The van der Waals surface area contributed by atoms with Crippen LogP contribution in [-0.2, 0) is 0 Å². The standard InChI is InChI=1S/C10H8N8/c11-18-9(7-12-3-1-4-13-7)16-17-10(18)8-14-5-2-6-15-8/h1-6H,11H2. The number of aromatic nitrogens is 7. The molecular weight excluding hydrogens is 232 g/mol. The minimum Gasteiger partial charge on any atom is -0.335 e. The number of nitrogens with zero attached hydrogens (tertiary/aromatic N) is 7. The second-order valence-electron chi connectivity index (χ2n) is 3.36. The van der Waals surface area contributed by atoms with E-state index in [1.54, 1.807) is 36.9 Å². The van der Waals surface area contributed by atoms with Crippen LogP contribution in [-0.4, -0.2) is 34.8 Å². The summed E-state index contributed by atoms with van der Waals surface area (Å²) in [5, 5.41) is 7.89. The molecule has 18 heavy (non-hydrogen) atoms. The third-order valence-corrected chi connectivity index (χ3v) is 2.23. The van der Waals surface area contributed by atoms with E-state index in [2.05, 4.69) is 30.1 Å². The van der Waals surface area contributed by atoms with Crippen molar-refractivity contribution in [3.05, 3.63) is 36.9 Å². The van der Waals surface area contributed by atoms with Gasteiger partial charge in [-0.15, -0.1) is 10.2 Å². The van der Waals surface area contributed by atoms with Gasteiger partial charge >= 0.3 is 0 Å². The molecule has 2 N–H and O–H groups in total. The molecule has 8 heteroatoms. The summed E-state index contributed by atoms with van der Waals surface area (Å²) in [7, 11) is 0. The molecule has 0 amide bonds. The highest BCUT2D eigenvalue weighted by Gasteiger charge is 2.16. The second kappa shape index (κ2) is 4.17. The third-order valence-electron chi connectivity index (χ3n) is 2.23. The number of hydrogen-bond acceptors (Lipinski definition) is 7. The van der Waals surface area contributed by atoms with Gasteiger partial charge in [0.05, 0.1) is 0 Å². The van der Waals surface area contributed by atoms with Gasteiger partial charge in [0.1, 0.15) is 0 Å². The average molecular weight is 240 g/mol. The molecule has 0 aliphatic carbocycles. The van der Waals surface area contributed by atoms with Crippen LogP contribution in [0.15, 0.2) is 36.9 Å². The quantitative estimate of drug-likeness (QED) is 0.623. The van der Waals surface area contributed by atoms with Crippen molar-refractivity contribution in [1.29, 1.82) is 0 Å². The fourth-order valence-electron chi connectivity index (χ4n) is 1.43. The van der Waals surface area contributed by atoms with Gasteiger partial charge in [-0.3, -0.25) is 0 Å². The Balaban J connectivity index is 2.09. The molecule has 0 saturated heterocycles. The number of rotatable bonds is 2. The first kappa shape index (κ1) is 10.3. The topological polar surface area (TPSA) is 108 Å². The summed E-state index contributed by atoms with van der Waals surface area (Å²) in [6.07, 6.45) is 6.43. The Morgan fingerprint density at radius 1 is 0.722 bits per heavy atom. The summed E-state index contributed by atoms with van der Waals surface area (Å²) in [6, 6.07) is 3.42. The van der Waals surface area contributed by atoms with Crippen LogP contribution >= 0.6 is 0 Å². The van der Waals surface area contributed by atoms with E-state index in [1.165, 1.54) is 4.68 Å². The Bertz CT molecular complexity index is 591. The van der Waals surface area contributed by atoms with Gasteiger partial charge in [-0.05, 0) is 12.1 Å². The van der Waals surface area contributed by atoms with Crippen molar-refractivity contribution in [2.45, 2.75) is 0 Å². The number of hydrogen-bond donors (Lipinski definition) is 1. The summed E-state index contributed by atoms with van der Waals surface area (Å²) in [6.45, 7) is 0. The molecule has 0 spiro atoms. The largest absolute Gasteiger partial charge is 0.335 e. The van der Waals surface area contributed by atoms with Gasteiger partial charge in [-0.25, -0.2) is 24.6 Å². The fraction of sp³-hybridized carbons (Fsp3) is 0. The molecule has 0 saturated carbocycles. The van der Waals surface area contributed by atoms with Gasteiger partial charge < -0.3 is 5.84 Å². The summed E-state index contributed by atoms with van der Waals surface area (Å²) in [5.74, 6) is 7.41. The maximum Gasteiger partial charge on any atom is 0.220 e. The summed E-state index contributed by atoms with van der Waals surface area (Å²) in [5.41, 5.74) is 0. The normalized spacial score (nSPS) is 10.4. The van der Waals surface area contributed by atoms with E-state index in [1.807, 2.05) is 0 Å². The molecule has 0 atom stereocenters. The van der Waals surface area contributed by atoms with Crippen molar-refractivity contribution in [3.8, 4) is 23.3 Å². The van der Waals surface area contributed by atoms with Crippen LogP contribution in [0.2, 0.25) is 0 Å². The Kier molecular flexibility index (Phi) is 2.38. The second-order valence-corrected chi connectivity index (χ2v) is 3.36. The zero-order chi connectivity index (χ0) is 12.4. The highest BCUT2D eigenvalue weighted by Crippen LogP contribution is 2.15. The van der Waals surface area contributed by atoms with Crippen LogP contribution in [0, 0.1) is 0 Å². The molecule has 88 valence electrons. The molecule has 3 heterocycles. The van der Waals surface area contributed by atoms with Crippen LogP contribution in [0.4, 0.5) is 0 Å². The van der Waals surface area contributed by atoms with Gasteiger partial charge in [-0.2, -0.15) is 0 Å². The lowest BCUT2D eigenvalue weighted by molar-refractivity contribution is 0.966. The predicted octanol–water partition coefficient (Wildman–Crippen LogP) is -0.0941. The molecule has 8 nitrogen and oxygen atoms in total. The first-order valence-electron chi connectivity index (χ1n) is 5.11. The van der Waals surface area contributed by atoms with Crippen molar-refractivity contribution in [1.82, 2.24) is 34.8 Å².